The Hall–Kier alpha value is -1.39. The van der Waals surface area contributed by atoms with Crippen LogP contribution in [-0.2, 0) is 6.42 Å². The maximum absolute atomic E-state index is 11.4. The molecule has 1 aromatic heterocycles. The second-order valence-electron chi connectivity index (χ2n) is 3.81. The number of nitrogens with zero attached hydrogens (tertiary/aromatic N) is 2. The Labute approximate surface area is 103 Å². The molecule has 0 aliphatic heterocycles. The van der Waals surface area contributed by atoms with Crippen LogP contribution in [0.15, 0.2) is 4.52 Å². The number of hydrogen-bond acceptors (Lipinski definition) is 4. The van der Waals surface area contributed by atoms with Crippen molar-refractivity contribution in [3.8, 4) is 0 Å². The molecule has 1 amide bonds. The molecule has 0 aliphatic rings. The highest BCUT2D eigenvalue weighted by molar-refractivity contribution is 5.89. The van der Waals surface area contributed by atoms with E-state index in [2.05, 4.69) is 29.3 Å². The van der Waals surface area contributed by atoms with Crippen molar-refractivity contribution >= 4 is 5.91 Å². The molecular formula is C12H23N3O2. The fourth-order valence-corrected chi connectivity index (χ4v) is 1.04. The number of rotatable bonds is 5. The Balaban J connectivity index is 0.00000121. The number of carbonyl (C=O) groups excluding carboxylic acids is 1. The second-order valence-corrected chi connectivity index (χ2v) is 3.81. The number of amides is 1. The number of aryl methyl sites for hydroxylation is 1. The van der Waals surface area contributed by atoms with Crippen molar-refractivity contribution in [1.29, 1.82) is 0 Å². The van der Waals surface area contributed by atoms with Gasteiger partial charge in [0.25, 0.3) is 0 Å². The molecule has 0 unspecified atom stereocenters. The fraction of sp³-hybridized carbons (Fsp3) is 0.750. The quantitative estimate of drug-likeness (QED) is 0.859. The Morgan fingerprint density at radius 2 is 2.06 bits per heavy atom. The molecule has 0 spiro atoms. The normalized spacial score (nSPS) is 9.76. The molecule has 1 heterocycles. The van der Waals surface area contributed by atoms with Gasteiger partial charge in [0, 0.05) is 13.0 Å². The first-order valence-corrected chi connectivity index (χ1v) is 6.24. The molecule has 1 N–H and O–H groups in total. The maximum Gasteiger partial charge on any atom is 0.315 e. The summed E-state index contributed by atoms with van der Waals surface area (Å²) in [5.74, 6) is 0.890. The minimum Gasteiger partial charge on any atom is -0.348 e. The number of hydrogen-bond donors (Lipinski definition) is 1. The summed E-state index contributed by atoms with van der Waals surface area (Å²) < 4.78 is 4.80. The van der Waals surface area contributed by atoms with E-state index in [4.69, 9.17) is 4.52 Å². The van der Waals surface area contributed by atoms with E-state index in [9.17, 15) is 4.79 Å². The Morgan fingerprint density at radius 1 is 1.41 bits per heavy atom. The summed E-state index contributed by atoms with van der Waals surface area (Å²) >= 11 is 0. The van der Waals surface area contributed by atoms with Crippen LogP contribution in [-0.4, -0.2) is 22.6 Å². The van der Waals surface area contributed by atoms with Gasteiger partial charge >= 0.3 is 11.8 Å². The monoisotopic (exact) mass is 241 g/mol. The van der Waals surface area contributed by atoms with Crippen molar-refractivity contribution in [1.82, 2.24) is 15.5 Å². The van der Waals surface area contributed by atoms with E-state index in [1.807, 2.05) is 20.8 Å². The van der Waals surface area contributed by atoms with E-state index in [1.54, 1.807) is 0 Å². The molecule has 0 saturated carbocycles. The molecule has 0 saturated heterocycles. The smallest absolute Gasteiger partial charge is 0.315 e. The Bertz CT molecular complexity index is 321. The highest BCUT2D eigenvalue weighted by atomic mass is 16.5. The zero-order valence-corrected chi connectivity index (χ0v) is 11.4. The average molecular weight is 241 g/mol. The minimum atomic E-state index is -0.289. The first-order chi connectivity index (χ1) is 8.13. The number of carbonyl (C=O) groups is 1. The van der Waals surface area contributed by atoms with Crippen molar-refractivity contribution in [3.63, 3.8) is 0 Å². The summed E-state index contributed by atoms with van der Waals surface area (Å²) in [6.45, 7) is 10.8. The Morgan fingerprint density at radius 3 is 2.53 bits per heavy atom. The van der Waals surface area contributed by atoms with Crippen molar-refractivity contribution in [2.75, 3.05) is 6.54 Å². The van der Waals surface area contributed by atoms with Gasteiger partial charge in [-0.2, -0.15) is 4.98 Å². The third-order valence-electron chi connectivity index (χ3n) is 1.99. The van der Waals surface area contributed by atoms with Crippen LogP contribution < -0.4 is 5.32 Å². The van der Waals surface area contributed by atoms with Crippen LogP contribution >= 0.6 is 0 Å². The predicted molar refractivity (Wildman–Crippen MR) is 66.8 cm³/mol. The molecule has 0 bridgehead atoms. The van der Waals surface area contributed by atoms with E-state index in [1.165, 1.54) is 0 Å². The van der Waals surface area contributed by atoms with E-state index in [-0.39, 0.29) is 11.8 Å². The van der Waals surface area contributed by atoms with Crippen LogP contribution in [0.1, 0.15) is 57.5 Å². The van der Waals surface area contributed by atoms with E-state index in [0.717, 1.165) is 6.42 Å². The van der Waals surface area contributed by atoms with Crippen LogP contribution in [0.5, 0.6) is 0 Å². The standard InChI is InChI=1S/C10H17N3O2.C2H6/c1-4-8-12-10(15-13-8)9(14)11-6-5-7(2)3;1-2/h7H,4-6H2,1-3H3,(H,11,14);1-2H3. The molecule has 0 aliphatic carbocycles. The van der Waals surface area contributed by atoms with E-state index >= 15 is 0 Å². The van der Waals surface area contributed by atoms with Crippen LogP contribution in [0.3, 0.4) is 0 Å². The fourth-order valence-electron chi connectivity index (χ4n) is 1.04. The van der Waals surface area contributed by atoms with Gasteiger partial charge in [0.1, 0.15) is 0 Å². The van der Waals surface area contributed by atoms with Gasteiger partial charge in [-0.05, 0) is 12.3 Å². The molecule has 98 valence electrons. The van der Waals surface area contributed by atoms with Crippen LogP contribution in [0.2, 0.25) is 0 Å². The lowest BCUT2D eigenvalue weighted by Gasteiger charge is -2.04. The zero-order chi connectivity index (χ0) is 13.3. The molecule has 0 fully saturated rings. The van der Waals surface area contributed by atoms with Gasteiger partial charge in [0.05, 0.1) is 0 Å². The lowest BCUT2D eigenvalue weighted by Crippen LogP contribution is -2.25. The summed E-state index contributed by atoms with van der Waals surface area (Å²) in [5, 5.41) is 6.38. The lowest BCUT2D eigenvalue weighted by atomic mass is 10.1. The van der Waals surface area contributed by atoms with Gasteiger partial charge in [-0.1, -0.05) is 39.8 Å². The number of nitrogens with one attached hydrogen (secondary N) is 1. The highest BCUT2D eigenvalue weighted by Gasteiger charge is 2.13. The Kier molecular flexibility index (Phi) is 8.01. The summed E-state index contributed by atoms with van der Waals surface area (Å²) in [6, 6.07) is 0. The first kappa shape index (κ1) is 15.6. The summed E-state index contributed by atoms with van der Waals surface area (Å²) in [6.07, 6.45) is 1.61. The average Bonchev–Trinajstić information content (AvgIpc) is 2.79. The van der Waals surface area contributed by atoms with Gasteiger partial charge in [0.15, 0.2) is 5.82 Å². The van der Waals surface area contributed by atoms with Crippen LogP contribution in [0.25, 0.3) is 0 Å². The van der Waals surface area contributed by atoms with E-state index < -0.39 is 0 Å². The minimum absolute atomic E-state index is 0.0515. The maximum atomic E-state index is 11.4. The second kappa shape index (κ2) is 8.73. The highest BCUT2D eigenvalue weighted by Crippen LogP contribution is 1.99. The SMILES string of the molecule is CC.CCc1noc(C(=O)NCCC(C)C)n1. The molecule has 1 aromatic rings. The van der Waals surface area contributed by atoms with Crippen LogP contribution in [0.4, 0.5) is 0 Å². The third kappa shape index (κ3) is 6.04. The third-order valence-corrected chi connectivity index (χ3v) is 1.99. The largest absolute Gasteiger partial charge is 0.348 e. The lowest BCUT2D eigenvalue weighted by molar-refractivity contribution is 0.0908. The van der Waals surface area contributed by atoms with Crippen molar-refractivity contribution < 1.29 is 9.32 Å². The van der Waals surface area contributed by atoms with Crippen molar-refractivity contribution in [2.24, 2.45) is 5.92 Å². The molecule has 5 nitrogen and oxygen atoms in total. The summed E-state index contributed by atoms with van der Waals surface area (Å²) in [7, 11) is 0. The van der Waals surface area contributed by atoms with Crippen molar-refractivity contribution in [2.45, 2.75) is 47.5 Å². The van der Waals surface area contributed by atoms with Crippen LogP contribution in [0, 0.1) is 5.92 Å². The predicted octanol–water partition coefficient (Wildman–Crippen LogP) is 2.43. The molecule has 1 rings (SSSR count). The molecular weight excluding hydrogens is 218 g/mol. The van der Waals surface area contributed by atoms with Gasteiger partial charge in [-0.25, -0.2) is 0 Å². The zero-order valence-electron chi connectivity index (χ0n) is 11.4. The topological polar surface area (TPSA) is 68.0 Å². The molecule has 0 atom stereocenters. The van der Waals surface area contributed by atoms with Gasteiger partial charge in [-0.3, -0.25) is 4.79 Å². The molecule has 0 aromatic carbocycles. The molecule has 17 heavy (non-hydrogen) atoms. The summed E-state index contributed by atoms with van der Waals surface area (Å²) in [4.78, 5) is 15.4. The molecule has 5 heteroatoms. The van der Waals surface area contributed by atoms with Gasteiger partial charge < -0.3 is 9.84 Å². The van der Waals surface area contributed by atoms with E-state index in [0.29, 0.717) is 24.7 Å². The van der Waals surface area contributed by atoms with Gasteiger partial charge in [0.2, 0.25) is 0 Å². The number of aromatic nitrogens is 2. The summed E-state index contributed by atoms with van der Waals surface area (Å²) in [5.41, 5.74) is 0. The first-order valence-electron chi connectivity index (χ1n) is 6.24. The molecule has 0 radical (unpaired) electrons. The van der Waals surface area contributed by atoms with Gasteiger partial charge in [-0.15, -0.1) is 0 Å². The van der Waals surface area contributed by atoms with Crippen molar-refractivity contribution in [3.05, 3.63) is 11.7 Å².